The van der Waals surface area contributed by atoms with Crippen LogP contribution < -0.4 is 10.6 Å². The summed E-state index contributed by atoms with van der Waals surface area (Å²) >= 11 is 1.60. The molecule has 0 radical (unpaired) electrons. The van der Waals surface area contributed by atoms with Crippen molar-refractivity contribution in [3.05, 3.63) is 16.6 Å². The van der Waals surface area contributed by atoms with Crippen LogP contribution in [-0.4, -0.2) is 24.0 Å². The second-order valence-corrected chi connectivity index (χ2v) is 5.51. The van der Waals surface area contributed by atoms with Gasteiger partial charge in [0.25, 0.3) is 0 Å². The molecular formula is C12H19N3OS. The fourth-order valence-electron chi connectivity index (χ4n) is 2.18. The second kappa shape index (κ2) is 5.60. The third-order valence-electron chi connectivity index (χ3n) is 3.33. The number of rotatable bonds is 4. The molecule has 1 aliphatic heterocycles. The molecule has 1 aromatic heterocycles. The number of aromatic nitrogens is 1. The molecule has 17 heavy (non-hydrogen) atoms. The number of thiazole rings is 1. The van der Waals surface area contributed by atoms with Crippen molar-refractivity contribution in [1.29, 1.82) is 0 Å². The Labute approximate surface area is 106 Å². The zero-order valence-electron chi connectivity index (χ0n) is 10.3. The molecule has 2 heterocycles. The molecule has 1 aromatic rings. The topological polar surface area (TPSA) is 54.0 Å². The third-order valence-corrected chi connectivity index (χ3v) is 4.22. The SMILES string of the molecule is CCC(NC(=O)C1CNCC1C)c1nccs1. The Morgan fingerprint density at radius 2 is 2.53 bits per heavy atom. The summed E-state index contributed by atoms with van der Waals surface area (Å²) in [6.45, 7) is 5.92. The number of carbonyl (C=O) groups excluding carboxylic acids is 1. The van der Waals surface area contributed by atoms with Crippen molar-refractivity contribution in [1.82, 2.24) is 15.6 Å². The van der Waals surface area contributed by atoms with Gasteiger partial charge >= 0.3 is 0 Å². The van der Waals surface area contributed by atoms with E-state index in [0.717, 1.165) is 24.5 Å². The van der Waals surface area contributed by atoms with Gasteiger partial charge in [0.2, 0.25) is 5.91 Å². The molecule has 0 bridgehead atoms. The summed E-state index contributed by atoms with van der Waals surface area (Å²) in [7, 11) is 0. The smallest absolute Gasteiger partial charge is 0.225 e. The van der Waals surface area contributed by atoms with Crippen LogP contribution in [0.25, 0.3) is 0 Å². The molecule has 0 spiro atoms. The van der Waals surface area contributed by atoms with Crippen molar-refractivity contribution in [2.45, 2.75) is 26.3 Å². The first-order valence-electron chi connectivity index (χ1n) is 6.12. The van der Waals surface area contributed by atoms with Gasteiger partial charge in [-0.05, 0) is 18.9 Å². The highest BCUT2D eigenvalue weighted by Crippen LogP contribution is 2.21. The zero-order chi connectivity index (χ0) is 12.3. The lowest BCUT2D eigenvalue weighted by Crippen LogP contribution is -2.36. The number of hydrogen-bond acceptors (Lipinski definition) is 4. The molecule has 3 atom stereocenters. The molecule has 3 unspecified atom stereocenters. The molecule has 0 aliphatic carbocycles. The zero-order valence-corrected chi connectivity index (χ0v) is 11.1. The van der Waals surface area contributed by atoms with E-state index in [1.165, 1.54) is 0 Å². The first kappa shape index (κ1) is 12.5. The van der Waals surface area contributed by atoms with Crippen LogP contribution in [0.15, 0.2) is 11.6 Å². The molecule has 1 saturated heterocycles. The summed E-state index contributed by atoms with van der Waals surface area (Å²) in [4.78, 5) is 16.4. The maximum atomic E-state index is 12.1. The number of carbonyl (C=O) groups is 1. The quantitative estimate of drug-likeness (QED) is 0.856. The highest BCUT2D eigenvalue weighted by atomic mass is 32.1. The van der Waals surface area contributed by atoms with E-state index in [1.807, 2.05) is 5.38 Å². The normalized spacial score (nSPS) is 25.8. The van der Waals surface area contributed by atoms with Crippen LogP contribution in [0.2, 0.25) is 0 Å². The highest BCUT2D eigenvalue weighted by molar-refractivity contribution is 7.09. The van der Waals surface area contributed by atoms with Gasteiger partial charge in [-0.2, -0.15) is 0 Å². The number of hydrogen-bond donors (Lipinski definition) is 2. The van der Waals surface area contributed by atoms with Crippen LogP contribution in [0.3, 0.4) is 0 Å². The van der Waals surface area contributed by atoms with E-state index in [2.05, 4.69) is 29.5 Å². The van der Waals surface area contributed by atoms with Gasteiger partial charge < -0.3 is 10.6 Å². The van der Waals surface area contributed by atoms with E-state index in [-0.39, 0.29) is 17.9 Å². The molecule has 0 saturated carbocycles. The molecule has 1 amide bonds. The van der Waals surface area contributed by atoms with E-state index < -0.39 is 0 Å². The lowest BCUT2D eigenvalue weighted by atomic mass is 9.97. The van der Waals surface area contributed by atoms with Crippen molar-refractivity contribution in [3.8, 4) is 0 Å². The van der Waals surface area contributed by atoms with E-state index in [1.54, 1.807) is 17.5 Å². The van der Waals surface area contributed by atoms with Crippen LogP contribution in [0.1, 0.15) is 31.3 Å². The van der Waals surface area contributed by atoms with Crippen LogP contribution in [-0.2, 0) is 4.79 Å². The molecule has 2 rings (SSSR count). The Bertz CT molecular complexity index is 366. The maximum Gasteiger partial charge on any atom is 0.225 e. The summed E-state index contributed by atoms with van der Waals surface area (Å²) in [5, 5.41) is 9.31. The highest BCUT2D eigenvalue weighted by Gasteiger charge is 2.30. The van der Waals surface area contributed by atoms with Gasteiger partial charge in [0.05, 0.1) is 12.0 Å². The van der Waals surface area contributed by atoms with E-state index in [0.29, 0.717) is 5.92 Å². The lowest BCUT2D eigenvalue weighted by molar-refractivity contribution is -0.126. The summed E-state index contributed by atoms with van der Waals surface area (Å²) in [6.07, 6.45) is 2.67. The van der Waals surface area contributed by atoms with Gasteiger partial charge in [0.1, 0.15) is 5.01 Å². The number of nitrogens with one attached hydrogen (secondary N) is 2. The fourth-order valence-corrected chi connectivity index (χ4v) is 2.96. The standard InChI is InChI=1S/C12H19N3OS/c1-3-10(12-14-4-5-17-12)15-11(16)9-7-13-6-8(9)2/h4-5,8-10,13H,3,6-7H2,1-2H3,(H,15,16). The van der Waals surface area contributed by atoms with Gasteiger partial charge in [0.15, 0.2) is 0 Å². The number of amides is 1. The molecule has 2 N–H and O–H groups in total. The monoisotopic (exact) mass is 253 g/mol. The third kappa shape index (κ3) is 2.84. The number of nitrogens with zero attached hydrogens (tertiary/aromatic N) is 1. The minimum absolute atomic E-state index is 0.0651. The van der Waals surface area contributed by atoms with Gasteiger partial charge in [0, 0.05) is 18.1 Å². The van der Waals surface area contributed by atoms with E-state index in [4.69, 9.17) is 0 Å². The van der Waals surface area contributed by atoms with Gasteiger partial charge in [-0.25, -0.2) is 4.98 Å². The lowest BCUT2D eigenvalue weighted by Gasteiger charge is -2.19. The minimum Gasteiger partial charge on any atom is -0.347 e. The Kier molecular flexibility index (Phi) is 4.12. The van der Waals surface area contributed by atoms with Crippen molar-refractivity contribution in [2.75, 3.05) is 13.1 Å². The van der Waals surface area contributed by atoms with Crippen LogP contribution >= 0.6 is 11.3 Å². The van der Waals surface area contributed by atoms with Gasteiger partial charge in [-0.1, -0.05) is 13.8 Å². The van der Waals surface area contributed by atoms with Crippen LogP contribution in [0.5, 0.6) is 0 Å². The molecule has 1 fully saturated rings. The van der Waals surface area contributed by atoms with Crippen LogP contribution in [0, 0.1) is 11.8 Å². The first-order chi connectivity index (χ1) is 8.22. The Hall–Kier alpha value is -0.940. The first-order valence-corrected chi connectivity index (χ1v) is 7.00. The predicted octanol–water partition coefficient (Wildman–Crippen LogP) is 1.57. The Balaban J connectivity index is 1.97. The molecule has 4 nitrogen and oxygen atoms in total. The van der Waals surface area contributed by atoms with Crippen molar-refractivity contribution in [2.24, 2.45) is 11.8 Å². The molecule has 1 aliphatic rings. The average molecular weight is 253 g/mol. The molecule has 0 aromatic carbocycles. The molecule has 94 valence electrons. The van der Waals surface area contributed by atoms with Gasteiger partial charge in [-0.15, -0.1) is 11.3 Å². The molecular weight excluding hydrogens is 234 g/mol. The van der Waals surface area contributed by atoms with Crippen molar-refractivity contribution < 1.29 is 4.79 Å². The maximum absolute atomic E-state index is 12.1. The fraction of sp³-hybridized carbons (Fsp3) is 0.667. The summed E-state index contributed by atoms with van der Waals surface area (Å²) in [6, 6.07) is 0.0651. The second-order valence-electron chi connectivity index (χ2n) is 4.58. The Morgan fingerprint density at radius 1 is 1.71 bits per heavy atom. The summed E-state index contributed by atoms with van der Waals surface area (Å²) in [5.74, 6) is 0.678. The minimum atomic E-state index is 0.0651. The van der Waals surface area contributed by atoms with Crippen LogP contribution in [0.4, 0.5) is 0 Å². The average Bonchev–Trinajstić information content (AvgIpc) is 2.96. The predicted molar refractivity (Wildman–Crippen MR) is 68.8 cm³/mol. The van der Waals surface area contributed by atoms with E-state index >= 15 is 0 Å². The summed E-state index contributed by atoms with van der Waals surface area (Å²) < 4.78 is 0. The van der Waals surface area contributed by atoms with Crippen molar-refractivity contribution >= 4 is 17.2 Å². The largest absolute Gasteiger partial charge is 0.347 e. The molecule has 5 heteroatoms. The van der Waals surface area contributed by atoms with Gasteiger partial charge in [-0.3, -0.25) is 4.79 Å². The summed E-state index contributed by atoms with van der Waals surface area (Å²) in [5.41, 5.74) is 0. The van der Waals surface area contributed by atoms with Crippen molar-refractivity contribution in [3.63, 3.8) is 0 Å². The van der Waals surface area contributed by atoms with E-state index in [9.17, 15) is 4.79 Å². The Morgan fingerprint density at radius 3 is 3.06 bits per heavy atom.